The van der Waals surface area contributed by atoms with Crippen molar-refractivity contribution < 1.29 is 4.74 Å². The Morgan fingerprint density at radius 2 is 1.97 bits per heavy atom. The van der Waals surface area contributed by atoms with Crippen molar-refractivity contribution in [3.8, 4) is 0 Å². The van der Waals surface area contributed by atoms with Gasteiger partial charge >= 0.3 is 0 Å². The lowest BCUT2D eigenvalue weighted by atomic mass is 9.88. The highest BCUT2D eigenvalue weighted by atomic mass is 32.2. The van der Waals surface area contributed by atoms with Crippen molar-refractivity contribution in [3.63, 3.8) is 0 Å². The topological polar surface area (TPSA) is 47.9 Å². The summed E-state index contributed by atoms with van der Waals surface area (Å²) in [6.45, 7) is 13.7. The van der Waals surface area contributed by atoms with Crippen molar-refractivity contribution >= 4 is 49.1 Å². The molecule has 0 spiro atoms. The highest BCUT2D eigenvalue weighted by molar-refractivity contribution is 8.00. The van der Waals surface area contributed by atoms with Gasteiger partial charge in [-0.2, -0.15) is 0 Å². The standard InChI is InChI=1S/C27H29N3OS2/c1-16(2)11-21-20-13-31-27(4,5)12-19(20)22-23-24(33-25(22)30-21)26(29-15-28-23)32-14-17(3)18-9-7-6-8-10-18/h6-10,15-16H,3,11-14H2,1-2,4-5H3. The van der Waals surface area contributed by atoms with E-state index in [1.165, 1.54) is 27.8 Å². The highest BCUT2D eigenvalue weighted by Crippen LogP contribution is 2.43. The molecule has 4 nitrogen and oxygen atoms in total. The van der Waals surface area contributed by atoms with Gasteiger partial charge in [-0.05, 0) is 42.9 Å². The van der Waals surface area contributed by atoms with E-state index in [-0.39, 0.29) is 5.60 Å². The van der Waals surface area contributed by atoms with E-state index in [1.807, 2.05) is 6.07 Å². The van der Waals surface area contributed by atoms with Crippen LogP contribution in [-0.4, -0.2) is 26.3 Å². The first kappa shape index (κ1) is 22.5. The first-order valence-corrected chi connectivity index (χ1v) is 13.2. The first-order valence-electron chi connectivity index (χ1n) is 11.4. The summed E-state index contributed by atoms with van der Waals surface area (Å²) in [6.07, 6.45) is 3.52. The molecule has 4 heterocycles. The molecule has 0 atom stereocenters. The minimum absolute atomic E-state index is 0.192. The summed E-state index contributed by atoms with van der Waals surface area (Å²) in [6, 6.07) is 10.3. The zero-order chi connectivity index (χ0) is 23.2. The summed E-state index contributed by atoms with van der Waals surface area (Å²) in [7, 11) is 0. The van der Waals surface area contributed by atoms with Crippen LogP contribution in [0.1, 0.15) is 50.1 Å². The van der Waals surface area contributed by atoms with Crippen LogP contribution in [0.15, 0.2) is 48.3 Å². The maximum absolute atomic E-state index is 6.20. The molecule has 0 radical (unpaired) electrons. The van der Waals surface area contributed by atoms with Crippen LogP contribution in [-0.2, 0) is 24.2 Å². The lowest BCUT2D eigenvalue weighted by molar-refractivity contribution is -0.0402. The summed E-state index contributed by atoms with van der Waals surface area (Å²) < 4.78 is 7.32. The van der Waals surface area contributed by atoms with E-state index in [2.05, 4.69) is 63.5 Å². The fraction of sp³-hybridized carbons (Fsp3) is 0.370. The van der Waals surface area contributed by atoms with E-state index < -0.39 is 0 Å². The molecular formula is C27H29N3OS2. The summed E-state index contributed by atoms with van der Waals surface area (Å²) in [5.74, 6) is 1.33. The largest absolute Gasteiger partial charge is 0.370 e. The highest BCUT2D eigenvalue weighted by Gasteiger charge is 2.31. The van der Waals surface area contributed by atoms with Crippen LogP contribution in [0.4, 0.5) is 0 Å². The van der Waals surface area contributed by atoms with Crippen LogP contribution in [0.5, 0.6) is 0 Å². The maximum atomic E-state index is 6.20. The van der Waals surface area contributed by atoms with Crippen molar-refractivity contribution in [2.75, 3.05) is 5.75 Å². The third-order valence-corrected chi connectivity index (χ3v) is 8.33. The number of rotatable bonds is 6. The number of thioether (sulfide) groups is 1. The Morgan fingerprint density at radius 1 is 1.18 bits per heavy atom. The summed E-state index contributed by atoms with van der Waals surface area (Å²) in [5.41, 5.74) is 6.90. The minimum Gasteiger partial charge on any atom is -0.370 e. The van der Waals surface area contributed by atoms with Gasteiger partial charge in [0.25, 0.3) is 0 Å². The lowest BCUT2D eigenvalue weighted by Crippen LogP contribution is -2.33. The quantitative estimate of drug-likeness (QED) is 0.220. The molecule has 0 saturated carbocycles. The monoisotopic (exact) mass is 475 g/mol. The van der Waals surface area contributed by atoms with Gasteiger partial charge in [0, 0.05) is 28.8 Å². The normalized spacial score (nSPS) is 15.3. The van der Waals surface area contributed by atoms with Crippen LogP contribution in [0.2, 0.25) is 0 Å². The van der Waals surface area contributed by atoms with Gasteiger partial charge in [0.1, 0.15) is 16.2 Å². The maximum Gasteiger partial charge on any atom is 0.126 e. The molecule has 170 valence electrons. The zero-order valence-corrected chi connectivity index (χ0v) is 21.3. The number of fused-ring (bicyclic) bond motifs is 5. The predicted octanol–water partition coefficient (Wildman–Crippen LogP) is 7.09. The van der Waals surface area contributed by atoms with Gasteiger partial charge < -0.3 is 4.74 Å². The van der Waals surface area contributed by atoms with E-state index in [9.17, 15) is 0 Å². The predicted molar refractivity (Wildman–Crippen MR) is 140 cm³/mol. The van der Waals surface area contributed by atoms with E-state index in [0.717, 1.165) is 44.2 Å². The molecular weight excluding hydrogens is 446 g/mol. The number of pyridine rings is 1. The van der Waals surface area contributed by atoms with Crippen LogP contribution >= 0.6 is 23.1 Å². The Hall–Kier alpha value is -2.28. The van der Waals surface area contributed by atoms with E-state index in [0.29, 0.717) is 12.5 Å². The second-order valence-electron chi connectivity index (χ2n) is 9.74. The van der Waals surface area contributed by atoms with E-state index >= 15 is 0 Å². The van der Waals surface area contributed by atoms with Crippen molar-refractivity contribution in [3.05, 3.63) is 65.6 Å². The number of hydrogen-bond acceptors (Lipinski definition) is 6. The van der Waals surface area contributed by atoms with E-state index in [4.69, 9.17) is 14.7 Å². The molecule has 0 bridgehead atoms. The molecule has 0 N–H and O–H groups in total. The van der Waals surface area contributed by atoms with Gasteiger partial charge in [-0.1, -0.05) is 50.8 Å². The van der Waals surface area contributed by atoms with E-state index in [1.54, 1.807) is 29.4 Å². The summed E-state index contributed by atoms with van der Waals surface area (Å²) in [4.78, 5) is 15.6. The van der Waals surface area contributed by atoms with Crippen LogP contribution < -0.4 is 0 Å². The molecule has 6 heteroatoms. The molecule has 4 aromatic rings. The lowest BCUT2D eigenvalue weighted by Gasteiger charge is -2.33. The third-order valence-electron chi connectivity index (χ3n) is 6.05. The Kier molecular flexibility index (Phi) is 6.02. The van der Waals surface area contributed by atoms with Crippen molar-refractivity contribution in [1.82, 2.24) is 15.0 Å². The second kappa shape index (κ2) is 8.82. The number of hydrogen-bond donors (Lipinski definition) is 0. The third kappa shape index (κ3) is 4.44. The molecule has 1 aromatic carbocycles. The van der Waals surface area contributed by atoms with Crippen LogP contribution in [0.25, 0.3) is 26.0 Å². The molecule has 3 aromatic heterocycles. The van der Waals surface area contributed by atoms with Gasteiger partial charge in [-0.3, -0.25) is 0 Å². The van der Waals surface area contributed by atoms with Crippen LogP contribution in [0, 0.1) is 5.92 Å². The SMILES string of the molecule is C=C(CSc1ncnc2c1sc1nc(CC(C)C)c3c(c12)CC(C)(C)OC3)c1ccccc1. The molecule has 5 rings (SSSR count). The number of aromatic nitrogens is 3. The number of benzene rings is 1. The molecule has 0 aliphatic carbocycles. The Morgan fingerprint density at radius 3 is 2.73 bits per heavy atom. The smallest absolute Gasteiger partial charge is 0.126 e. The number of thiophene rings is 1. The molecule has 1 aliphatic rings. The minimum atomic E-state index is -0.192. The summed E-state index contributed by atoms with van der Waals surface area (Å²) in [5, 5.41) is 2.20. The molecule has 33 heavy (non-hydrogen) atoms. The average Bonchev–Trinajstić information content (AvgIpc) is 3.16. The van der Waals surface area contributed by atoms with Gasteiger partial charge in [-0.25, -0.2) is 15.0 Å². The molecule has 0 fully saturated rings. The van der Waals surface area contributed by atoms with Gasteiger partial charge in [-0.15, -0.1) is 23.1 Å². The fourth-order valence-corrected chi connectivity index (χ4v) is 6.61. The zero-order valence-electron chi connectivity index (χ0n) is 19.6. The number of ether oxygens (including phenoxy) is 1. The molecule has 0 unspecified atom stereocenters. The van der Waals surface area contributed by atoms with Crippen molar-refractivity contribution in [2.24, 2.45) is 5.92 Å². The Balaban J connectivity index is 1.59. The Bertz CT molecular complexity index is 1340. The van der Waals surface area contributed by atoms with Crippen molar-refractivity contribution in [1.29, 1.82) is 0 Å². The molecule has 0 amide bonds. The van der Waals surface area contributed by atoms with Crippen LogP contribution in [0.3, 0.4) is 0 Å². The fourth-order valence-electron chi connectivity index (χ4n) is 4.42. The summed E-state index contributed by atoms with van der Waals surface area (Å²) >= 11 is 3.45. The first-order chi connectivity index (χ1) is 15.8. The van der Waals surface area contributed by atoms with Gasteiger partial charge in [0.15, 0.2) is 0 Å². The molecule has 1 aliphatic heterocycles. The van der Waals surface area contributed by atoms with Gasteiger partial charge in [0.2, 0.25) is 0 Å². The second-order valence-corrected chi connectivity index (χ2v) is 11.7. The number of nitrogens with zero attached hydrogens (tertiary/aromatic N) is 3. The molecule has 0 saturated heterocycles. The van der Waals surface area contributed by atoms with Crippen molar-refractivity contribution in [2.45, 2.75) is 57.8 Å². The Labute approximate surface area is 203 Å². The average molecular weight is 476 g/mol. The van der Waals surface area contributed by atoms with Gasteiger partial charge in [0.05, 0.1) is 22.4 Å².